The van der Waals surface area contributed by atoms with Crippen molar-refractivity contribution in [2.45, 2.75) is 39.7 Å². The van der Waals surface area contributed by atoms with E-state index in [9.17, 15) is 14.7 Å². The summed E-state index contributed by atoms with van der Waals surface area (Å²) in [5.41, 5.74) is 1.95. The maximum absolute atomic E-state index is 12.1. The zero-order chi connectivity index (χ0) is 17.2. The number of carbonyl (C=O) groups excluding carboxylic acids is 1. The number of carbonyl (C=O) groups is 2. The van der Waals surface area contributed by atoms with Gasteiger partial charge >= 0.3 is 12.1 Å². The Morgan fingerprint density at radius 1 is 1.35 bits per heavy atom. The van der Waals surface area contributed by atoms with E-state index < -0.39 is 11.6 Å². The molecule has 0 atom stereocenters. The molecule has 1 aliphatic rings. The van der Waals surface area contributed by atoms with Crippen LogP contribution in [0.3, 0.4) is 0 Å². The molecule has 1 N–H and O–H groups in total. The number of hydrogen-bond donors (Lipinski definition) is 1. The molecule has 0 aromatic carbocycles. The van der Waals surface area contributed by atoms with Gasteiger partial charge in [0.25, 0.3) is 0 Å². The Bertz CT molecular complexity index is 659. The van der Waals surface area contributed by atoms with Crippen molar-refractivity contribution in [2.24, 2.45) is 0 Å². The highest BCUT2D eigenvalue weighted by Gasteiger charge is 2.25. The summed E-state index contributed by atoms with van der Waals surface area (Å²) >= 11 is 0. The van der Waals surface area contributed by atoms with Gasteiger partial charge in [0.1, 0.15) is 5.60 Å². The van der Waals surface area contributed by atoms with Crippen molar-refractivity contribution in [3.8, 4) is 0 Å². The number of ether oxygens (including phenoxy) is 1. The van der Waals surface area contributed by atoms with Crippen molar-refractivity contribution in [3.05, 3.63) is 35.2 Å². The first-order chi connectivity index (χ1) is 10.7. The van der Waals surface area contributed by atoms with E-state index in [1.165, 1.54) is 0 Å². The third-order valence-electron chi connectivity index (χ3n) is 3.43. The van der Waals surface area contributed by atoms with Gasteiger partial charge in [-0.1, -0.05) is 6.08 Å². The third-order valence-corrected chi connectivity index (χ3v) is 3.43. The van der Waals surface area contributed by atoms with Crippen LogP contribution < -0.4 is 0 Å². The molecule has 6 nitrogen and oxygen atoms in total. The first-order valence-electron chi connectivity index (χ1n) is 7.54. The summed E-state index contributed by atoms with van der Waals surface area (Å²) in [6.45, 7) is 8.25. The minimum absolute atomic E-state index is 0.0487. The second-order valence-corrected chi connectivity index (χ2v) is 6.62. The van der Waals surface area contributed by atoms with Gasteiger partial charge in [-0.15, -0.1) is 0 Å². The predicted octanol–water partition coefficient (Wildman–Crippen LogP) is 3.11. The molecule has 2 rings (SSSR count). The van der Waals surface area contributed by atoms with E-state index in [-0.39, 0.29) is 11.8 Å². The van der Waals surface area contributed by atoms with Gasteiger partial charge in [0.2, 0.25) is 0 Å². The topological polar surface area (TPSA) is 79.7 Å². The minimum atomic E-state index is -1.05. The molecule has 0 unspecified atom stereocenters. The quantitative estimate of drug-likeness (QED) is 0.906. The Labute approximate surface area is 135 Å². The van der Waals surface area contributed by atoms with E-state index >= 15 is 0 Å². The Kier molecular flexibility index (Phi) is 4.73. The van der Waals surface area contributed by atoms with Crippen molar-refractivity contribution < 1.29 is 19.4 Å². The molecule has 0 spiro atoms. The zero-order valence-corrected chi connectivity index (χ0v) is 13.9. The summed E-state index contributed by atoms with van der Waals surface area (Å²) < 4.78 is 5.35. The van der Waals surface area contributed by atoms with Gasteiger partial charge < -0.3 is 14.7 Å². The molecule has 1 amide bonds. The lowest BCUT2D eigenvalue weighted by Gasteiger charge is -2.29. The molecule has 1 aromatic rings. The molecule has 124 valence electrons. The van der Waals surface area contributed by atoms with E-state index in [0.717, 1.165) is 11.1 Å². The van der Waals surface area contributed by atoms with Gasteiger partial charge in [-0.05, 0) is 51.3 Å². The standard InChI is InChI=1S/C17H22N2O4/c1-11-9-13(14(15(20)21)18-10-11)12-5-7-19(8-6-12)16(22)23-17(2,3)4/h5,9-10H,6-8H2,1-4H3,(H,20,21). The Balaban J connectivity index is 2.18. The maximum Gasteiger partial charge on any atom is 0.410 e. The monoisotopic (exact) mass is 318 g/mol. The number of carboxylic acid groups (broad SMARTS) is 1. The summed E-state index contributed by atoms with van der Waals surface area (Å²) in [6.07, 6.45) is 3.64. The molecule has 1 aliphatic heterocycles. The Morgan fingerprint density at radius 3 is 2.57 bits per heavy atom. The fourth-order valence-corrected chi connectivity index (χ4v) is 2.39. The van der Waals surface area contributed by atoms with Gasteiger partial charge in [0.05, 0.1) is 0 Å². The van der Waals surface area contributed by atoms with Gasteiger partial charge in [-0.25, -0.2) is 14.6 Å². The van der Waals surface area contributed by atoms with Crippen LogP contribution in [0.15, 0.2) is 18.3 Å². The van der Waals surface area contributed by atoms with Crippen LogP contribution in [0.4, 0.5) is 4.79 Å². The Hall–Kier alpha value is -2.37. The molecular formula is C17H22N2O4. The predicted molar refractivity (Wildman–Crippen MR) is 86.3 cm³/mol. The summed E-state index contributed by atoms with van der Waals surface area (Å²) in [5, 5.41) is 9.28. The van der Waals surface area contributed by atoms with Crippen LogP contribution in [0.1, 0.15) is 48.8 Å². The SMILES string of the molecule is Cc1cnc(C(=O)O)c(C2=CCN(C(=O)OC(C)(C)C)CC2)c1. The largest absolute Gasteiger partial charge is 0.476 e. The zero-order valence-electron chi connectivity index (χ0n) is 13.9. The molecule has 2 heterocycles. The molecule has 1 aromatic heterocycles. The fraction of sp³-hybridized carbons (Fsp3) is 0.471. The molecule has 0 aliphatic carbocycles. The van der Waals surface area contributed by atoms with Crippen molar-refractivity contribution in [1.29, 1.82) is 0 Å². The molecule has 0 bridgehead atoms. The number of nitrogens with zero attached hydrogens (tertiary/aromatic N) is 2. The third kappa shape index (κ3) is 4.31. The van der Waals surface area contributed by atoms with Gasteiger partial charge in [-0.3, -0.25) is 0 Å². The minimum Gasteiger partial charge on any atom is -0.476 e. The van der Waals surface area contributed by atoms with Gasteiger partial charge in [0.15, 0.2) is 5.69 Å². The smallest absolute Gasteiger partial charge is 0.410 e. The number of rotatable bonds is 2. The number of aryl methyl sites for hydroxylation is 1. The summed E-state index contributed by atoms with van der Waals surface area (Å²) in [5.74, 6) is -1.05. The van der Waals surface area contributed by atoms with E-state index in [2.05, 4.69) is 4.98 Å². The second-order valence-electron chi connectivity index (χ2n) is 6.62. The number of aromatic nitrogens is 1. The average Bonchev–Trinajstić information content (AvgIpc) is 2.45. The molecule has 0 saturated heterocycles. The van der Waals surface area contributed by atoms with Crippen molar-refractivity contribution in [1.82, 2.24) is 9.88 Å². The van der Waals surface area contributed by atoms with Gasteiger partial charge in [-0.2, -0.15) is 0 Å². The number of hydrogen-bond acceptors (Lipinski definition) is 4. The first-order valence-corrected chi connectivity index (χ1v) is 7.54. The van der Waals surface area contributed by atoms with E-state index in [1.807, 2.05) is 39.8 Å². The van der Waals surface area contributed by atoms with Crippen LogP contribution in [0.25, 0.3) is 5.57 Å². The normalized spacial score (nSPS) is 15.1. The molecule has 23 heavy (non-hydrogen) atoms. The van der Waals surface area contributed by atoms with Crippen LogP contribution in [0.5, 0.6) is 0 Å². The van der Waals surface area contributed by atoms with E-state index in [1.54, 1.807) is 11.1 Å². The van der Waals surface area contributed by atoms with Crippen LogP contribution in [0, 0.1) is 6.92 Å². The first kappa shape index (κ1) is 17.0. The van der Waals surface area contributed by atoms with Crippen LogP contribution in [-0.2, 0) is 4.74 Å². The lowest BCUT2D eigenvalue weighted by Crippen LogP contribution is -2.39. The van der Waals surface area contributed by atoms with Crippen molar-refractivity contribution in [3.63, 3.8) is 0 Å². The van der Waals surface area contributed by atoms with Crippen molar-refractivity contribution >= 4 is 17.6 Å². The highest BCUT2D eigenvalue weighted by Crippen LogP contribution is 2.26. The second kappa shape index (κ2) is 6.40. The van der Waals surface area contributed by atoms with E-state index in [4.69, 9.17) is 4.74 Å². The molecule has 0 radical (unpaired) electrons. The summed E-state index contributed by atoms with van der Waals surface area (Å²) in [7, 11) is 0. The van der Waals surface area contributed by atoms with Crippen molar-refractivity contribution in [2.75, 3.05) is 13.1 Å². The molecular weight excluding hydrogens is 296 g/mol. The molecule has 0 saturated carbocycles. The maximum atomic E-state index is 12.1. The average molecular weight is 318 g/mol. The molecule has 6 heteroatoms. The Morgan fingerprint density at radius 2 is 2.04 bits per heavy atom. The van der Waals surface area contributed by atoms with Crippen LogP contribution >= 0.6 is 0 Å². The number of aromatic carboxylic acids is 1. The van der Waals surface area contributed by atoms with E-state index in [0.29, 0.717) is 25.1 Å². The van der Waals surface area contributed by atoms with Gasteiger partial charge in [0, 0.05) is 24.8 Å². The van der Waals surface area contributed by atoms with Crippen LogP contribution in [-0.4, -0.2) is 45.7 Å². The lowest BCUT2D eigenvalue weighted by atomic mass is 9.97. The number of pyridine rings is 1. The number of amides is 1. The number of carboxylic acids is 1. The van der Waals surface area contributed by atoms with Crippen LogP contribution in [0.2, 0.25) is 0 Å². The fourth-order valence-electron chi connectivity index (χ4n) is 2.39. The lowest BCUT2D eigenvalue weighted by molar-refractivity contribution is 0.0270. The summed E-state index contributed by atoms with van der Waals surface area (Å²) in [6, 6.07) is 1.82. The highest BCUT2D eigenvalue weighted by atomic mass is 16.6. The molecule has 0 fully saturated rings. The summed E-state index contributed by atoms with van der Waals surface area (Å²) in [4.78, 5) is 29.0. The highest BCUT2D eigenvalue weighted by molar-refractivity contribution is 5.92.